The molecule has 0 aliphatic rings. The summed E-state index contributed by atoms with van der Waals surface area (Å²) in [6, 6.07) is 5.73. The fourth-order valence-electron chi connectivity index (χ4n) is 1.70. The summed E-state index contributed by atoms with van der Waals surface area (Å²) in [5, 5.41) is 2.87. The number of anilines is 1. The first-order valence-electron chi connectivity index (χ1n) is 6.68. The number of nitrogens with zero attached hydrogens (tertiary/aromatic N) is 1. The molecule has 1 atom stereocenters. The van der Waals surface area contributed by atoms with Gasteiger partial charge in [-0.1, -0.05) is 28.9 Å². The first kappa shape index (κ1) is 16.7. The van der Waals surface area contributed by atoms with Crippen molar-refractivity contribution in [3.8, 4) is 0 Å². The van der Waals surface area contributed by atoms with Gasteiger partial charge in [0.1, 0.15) is 6.54 Å². The number of hydrogen-bond acceptors (Lipinski definition) is 2. The van der Waals surface area contributed by atoms with E-state index in [4.69, 9.17) is 0 Å². The molecule has 4 nitrogen and oxygen atoms in total. The predicted octanol–water partition coefficient (Wildman–Crippen LogP) is 3.03. The summed E-state index contributed by atoms with van der Waals surface area (Å²) in [7, 11) is 0. The van der Waals surface area contributed by atoms with Crippen LogP contribution in [0.25, 0.3) is 0 Å². The van der Waals surface area contributed by atoms with Gasteiger partial charge in [0.25, 0.3) is 0 Å². The quantitative estimate of drug-likeness (QED) is 0.895. The van der Waals surface area contributed by atoms with Crippen molar-refractivity contribution >= 4 is 33.4 Å². The Morgan fingerprint density at radius 2 is 2.05 bits per heavy atom. The molecule has 0 aliphatic heterocycles. The standard InChI is InChI=1S/C15H21BrN2O2/c1-5-11(3)17-15(20)9-18(12(4)19)13-7-6-10(2)14(16)8-13/h6-8,11H,5,9H2,1-4H3,(H,17,20). The summed E-state index contributed by atoms with van der Waals surface area (Å²) in [6.07, 6.45) is 0.863. The lowest BCUT2D eigenvalue weighted by Crippen LogP contribution is -2.42. The monoisotopic (exact) mass is 340 g/mol. The van der Waals surface area contributed by atoms with E-state index in [0.717, 1.165) is 16.5 Å². The number of carbonyl (C=O) groups excluding carboxylic acids is 2. The highest BCUT2D eigenvalue weighted by Crippen LogP contribution is 2.23. The van der Waals surface area contributed by atoms with Gasteiger partial charge in [0.15, 0.2) is 0 Å². The first-order valence-corrected chi connectivity index (χ1v) is 7.48. The molecule has 1 aromatic carbocycles. The molecule has 1 aromatic rings. The highest BCUT2D eigenvalue weighted by atomic mass is 79.9. The Kier molecular flexibility index (Phi) is 6.20. The van der Waals surface area contributed by atoms with E-state index in [0.29, 0.717) is 5.69 Å². The van der Waals surface area contributed by atoms with Crippen molar-refractivity contribution in [3.63, 3.8) is 0 Å². The average molecular weight is 341 g/mol. The Morgan fingerprint density at radius 1 is 1.40 bits per heavy atom. The number of halogens is 1. The molecule has 0 saturated carbocycles. The molecule has 0 radical (unpaired) electrons. The van der Waals surface area contributed by atoms with Crippen LogP contribution in [0, 0.1) is 6.92 Å². The van der Waals surface area contributed by atoms with Crippen LogP contribution in [0.15, 0.2) is 22.7 Å². The molecule has 1 unspecified atom stereocenters. The van der Waals surface area contributed by atoms with E-state index in [1.165, 1.54) is 11.8 Å². The van der Waals surface area contributed by atoms with Crippen LogP contribution in [0.3, 0.4) is 0 Å². The molecule has 0 fully saturated rings. The van der Waals surface area contributed by atoms with Gasteiger partial charge in [-0.25, -0.2) is 0 Å². The zero-order chi connectivity index (χ0) is 15.3. The van der Waals surface area contributed by atoms with Crippen molar-refractivity contribution in [2.75, 3.05) is 11.4 Å². The zero-order valence-electron chi connectivity index (χ0n) is 12.4. The number of nitrogens with one attached hydrogen (secondary N) is 1. The molecular formula is C15H21BrN2O2. The van der Waals surface area contributed by atoms with Gasteiger partial charge >= 0.3 is 0 Å². The van der Waals surface area contributed by atoms with Crippen molar-refractivity contribution < 1.29 is 9.59 Å². The summed E-state index contributed by atoms with van der Waals surface area (Å²) in [5.74, 6) is -0.300. The molecule has 0 spiro atoms. The molecule has 0 aliphatic carbocycles. The molecule has 0 bridgehead atoms. The predicted molar refractivity (Wildman–Crippen MR) is 84.8 cm³/mol. The highest BCUT2D eigenvalue weighted by Gasteiger charge is 2.17. The Labute approximate surface area is 128 Å². The maximum absolute atomic E-state index is 11.9. The Morgan fingerprint density at radius 3 is 2.55 bits per heavy atom. The highest BCUT2D eigenvalue weighted by molar-refractivity contribution is 9.10. The number of benzene rings is 1. The van der Waals surface area contributed by atoms with Gasteiger partial charge in [-0.3, -0.25) is 9.59 Å². The van der Waals surface area contributed by atoms with Crippen LogP contribution in [0.2, 0.25) is 0 Å². The largest absolute Gasteiger partial charge is 0.352 e. The Hall–Kier alpha value is -1.36. The molecule has 2 amide bonds. The van der Waals surface area contributed by atoms with Gasteiger partial charge < -0.3 is 10.2 Å². The van der Waals surface area contributed by atoms with Crippen LogP contribution < -0.4 is 10.2 Å². The van der Waals surface area contributed by atoms with E-state index < -0.39 is 0 Å². The third kappa shape index (κ3) is 4.63. The fourth-order valence-corrected chi connectivity index (χ4v) is 2.07. The second-order valence-corrected chi connectivity index (χ2v) is 5.77. The second-order valence-electron chi connectivity index (χ2n) is 4.92. The van der Waals surface area contributed by atoms with Gasteiger partial charge in [-0.15, -0.1) is 0 Å². The first-order chi connectivity index (χ1) is 9.35. The Bertz CT molecular complexity index is 503. The zero-order valence-corrected chi connectivity index (χ0v) is 14.0. The van der Waals surface area contributed by atoms with Gasteiger partial charge in [-0.2, -0.15) is 0 Å². The van der Waals surface area contributed by atoms with Crippen molar-refractivity contribution in [2.45, 2.75) is 40.2 Å². The normalized spacial score (nSPS) is 11.8. The minimum atomic E-state index is -0.153. The fraction of sp³-hybridized carbons (Fsp3) is 0.467. The number of amides is 2. The van der Waals surface area contributed by atoms with E-state index >= 15 is 0 Å². The molecule has 0 heterocycles. The van der Waals surface area contributed by atoms with E-state index in [-0.39, 0.29) is 24.4 Å². The van der Waals surface area contributed by atoms with Crippen LogP contribution in [-0.2, 0) is 9.59 Å². The number of aryl methyl sites for hydroxylation is 1. The van der Waals surface area contributed by atoms with Crippen molar-refractivity contribution in [1.82, 2.24) is 5.32 Å². The summed E-state index contributed by atoms with van der Waals surface area (Å²) >= 11 is 3.44. The number of carbonyl (C=O) groups is 2. The lowest BCUT2D eigenvalue weighted by atomic mass is 10.2. The molecular weight excluding hydrogens is 320 g/mol. The van der Waals surface area contributed by atoms with Crippen LogP contribution >= 0.6 is 15.9 Å². The van der Waals surface area contributed by atoms with Crippen LogP contribution in [0.5, 0.6) is 0 Å². The minimum Gasteiger partial charge on any atom is -0.352 e. The maximum Gasteiger partial charge on any atom is 0.240 e. The molecule has 1 N–H and O–H groups in total. The summed E-state index contributed by atoms with van der Waals surface area (Å²) < 4.78 is 0.920. The van der Waals surface area contributed by atoms with Gasteiger partial charge in [-0.05, 0) is 38.0 Å². The van der Waals surface area contributed by atoms with Crippen molar-refractivity contribution in [3.05, 3.63) is 28.2 Å². The molecule has 0 saturated heterocycles. The van der Waals surface area contributed by atoms with E-state index in [1.807, 2.05) is 39.0 Å². The maximum atomic E-state index is 11.9. The van der Waals surface area contributed by atoms with E-state index in [1.54, 1.807) is 0 Å². The smallest absolute Gasteiger partial charge is 0.240 e. The van der Waals surface area contributed by atoms with E-state index in [2.05, 4.69) is 21.2 Å². The average Bonchev–Trinajstić information content (AvgIpc) is 2.38. The van der Waals surface area contributed by atoms with Crippen molar-refractivity contribution in [2.24, 2.45) is 0 Å². The molecule has 5 heteroatoms. The third-order valence-electron chi connectivity index (χ3n) is 3.17. The van der Waals surface area contributed by atoms with Crippen LogP contribution in [0.4, 0.5) is 5.69 Å². The summed E-state index contributed by atoms with van der Waals surface area (Å²) in [4.78, 5) is 25.2. The van der Waals surface area contributed by atoms with Gasteiger partial charge in [0.2, 0.25) is 11.8 Å². The lowest BCUT2D eigenvalue weighted by molar-refractivity contribution is -0.123. The number of rotatable bonds is 5. The molecule has 110 valence electrons. The summed E-state index contributed by atoms with van der Waals surface area (Å²) in [6.45, 7) is 7.42. The van der Waals surface area contributed by atoms with Crippen LogP contribution in [0.1, 0.15) is 32.8 Å². The van der Waals surface area contributed by atoms with Crippen LogP contribution in [-0.4, -0.2) is 24.4 Å². The topological polar surface area (TPSA) is 49.4 Å². The van der Waals surface area contributed by atoms with Crippen molar-refractivity contribution in [1.29, 1.82) is 0 Å². The second kappa shape index (κ2) is 7.43. The van der Waals surface area contributed by atoms with E-state index in [9.17, 15) is 9.59 Å². The van der Waals surface area contributed by atoms with Gasteiger partial charge in [0, 0.05) is 23.1 Å². The molecule has 0 aromatic heterocycles. The SMILES string of the molecule is CCC(C)NC(=O)CN(C(C)=O)c1ccc(C)c(Br)c1. The minimum absolute atomic E-state index is 0.0369. The third-order valence-corrected chi connectivity index (χ3v) is 4.02. The lowest BCUT2D eigenvalue weighted by Gasteiger charge is -2.22. The van der Waals surface area contributed by atoms with Gasteiger partial charge in [0.05, 0.1) is 0 Å². The Balaban J connectivity index is 2.86. The number of hydrogen-bond donors (Lipinski definition) is 1. The molecule has 1 rings (SSSR count). The summed E-state index contributed by atoms with van der Waals surface area (Å²) in [5.41, 5.74) is 1.80. The molecule has 20 heavy (non-hydrogen) atoms.